The summed E-state index contributed by atoms with van der Waals surface area (Å²) in [4.78, 5) is 23.4. The maximum atomic E-state index is 12.8. The van der Waals surface area contributed by atoms with Crippen molar-refractivity contribution in [2.45, 2.75) is 18.7 Å². The van der Waals surface area contributed by atoms with Gasteiger partial charge in [-0.1, -0.05) is 30.3 Å². The number of carbonyl (C=O) groups is 1. The number of benzene rings is 3. The van der Waals surface area contributed by atoms with Gasteiger partial charge in [0.2, 0.25) is 0 Å². The molecule has 3 aromatic carbocycles. The number of non-ortho nitro benzene ring substituents is 1. The molecule has 0 heterocycles. The van der Waals surface area contributed by atoms with Crippen LogP contribution in [0.25, 0.3) is 0 Å². The molecule has 154 valence electrons. The molecule has 0 aromatic heterocycles. The molecule has 3 rings (SSSR count). The summed E-state index contributed by atoms with van der Waals surface area (Å²) in [6, 6.07) is 16.8. The number of aryl methyl sites for hydroxylation is 1. The molecule has 0 aliphatic rings. The van der Waals surface area contributed by atoms with E-state index in [0.29, 0.717) is 16.8 Å². The molecule has 3 aromatic rings. The van der Waals surface area contributed by atoms with Crippen molar-refractivity contribution < 1.29 is 18.1 Å². The molecule has 0 radical (unpaired) electrons. The lowest BCUT2D eigenvalue weighted by molar-refractivity contribution is -0.384. The Morgan fingerprint density at radius 1 is 0.933 bits per heavy atom. The Balaban J connectivity index is 1.89. The molecule has 0 aliphatic carbocycles. The number of nitro benzene ring substituents is 1. The molecular weight excluding hydrogens is 406 g/mol. The highest BCUT2D eigenvalue weighted by Crippen LogP contribution is 2.26. The minimum Gasteiger partial charge on any atom is -0.321 e. The van der Waals surface area contributed by atoms with Crippen molar-refractivity contribution >= 4 is 33.0 Å². The first kappa shape index (κ1) is 21.0. The number of rotatable bonds is 6. The molecule has 8 nitrogen and oxygen atoms in total. The van der Waals surface area contributed by atoms with Crippen molar-refractivity contribution in [1.29, 1.82) is 0 Å². The molecule has 0 atom stereocenters. The maximum absolute atomic E-state index is 12.8. The second-order valence-corrected chi connectivity index (χ2v) is 8.29. The zero-order valence-corrected chi connectivity index (χ0v) is 17.1. The summed E-state index contributed by atoms with van der Waals surface area (Å²) in [5, 5.41) is 13.7. The standard InChI is InChI=1S/C21H19N3O5S/c1-14-11-12-16(24(26)27)13-20(14)22-21(25)18-9-6-10-19(15(18)2)23-30(28,29)17-7-4-3-5-8-17/h3-13,23H,1-2H3,(H,22,25). The minimum atomic E-state index is -3.82. The zero-order valence-electron chi connectivity index (χ0n) is 16.2. The smallest absolute Gasteiger partial charge is 0.271 e. The Labute approximate surface area is 173 Å². The number of nitrogens with zero attached hydrogens (tertiary/aromatic N) is 1. The second-order valence-electron chi connectivity index (χ2n) is 6.61. The molecule has 0 bridgehead atoms. The molecule has 0 saturated carbocycles. The molecule has 2 N–H and O–H groups in total. The highest BCUT2D eigenvalue weighted by atomic mass is 32.2. The van der Waals surface area contributed by atoms with Crippen LogP contribution < -0.4 is 10.0 Å². The summed E-state index contributed by atoms with van der Waals surface area (Å²) in [7, 11) is -3.82. The van der Waals surface area contributed by atoms with E-state index in [2.05, 4.69) is 10.0 Å². The maximum Gasteiger partial charge on any atom is 0.271 e. The average molecular weight is 425 g/mol. The first-order chi connectivity index (χ1) is 14.2. The number of sulfonamides is 1. The van der Waals surface area contributed by atoms with Gasteiger partial charge in [0.1, 0.15) is 0 Å². The van der Waals surface area contributed by atoms with Crippen molar-refractivity contribution in [3.05, 3.63) is 93.5 Å². The summed E-state index contributed by atoms with van der Waals surface area (Å²) >= 11 is 0. The van der Waals surface area contributed by atoms with Crippen LogP contribution in [0.2, 0.25) is 0 Å². The van der Waals surface area contributed by atoms with Gasteiger partial charge in [0.15, 0.2) is 0 Å². The highest BCUT2D eigenvalue weighted by molar-refractivity contribution is 7.92. The summed E-state index contributed by atoms with van der Waals surface area (Å²) in [6.07, 6.45) is 0. The van der Waals surface area contributed by atoms with Gasteiger partial charge in [-0.2, -0.15) is 0 Å². The normalized spacial score (nSPS) is 11.0. The number of amides is 1. The Hall–Kier alpha value is -3.72. The van der Waals surface area contributed by atoms with Gasteiger partial charge in [-0.05, 0) is 49.2 Å². The first-order valence-corrected chi connectivity index (χ1v) is 10.4. The van der Waals surface area contributed by atoms with Crippen LogP contribution in [0.1, 0.15) is 21.5 Å². The molecule has 0 spiro atoms. The number of carbonyl (C=O) groups excluding carboxylic acids is 1. The van der Waals surface area contributed by atoms with E-state index in [9.17, 15) is 23.3 Å². The van der Waals surface area contributed by atoms with E-state index in [0.717, 1.165) is 0 Å². The van der Waals surface area contributed by atoms with Crippen LogP contribution >= 0.6 is 0 Å². The van der Waals surface area contributed by atoms with E-state index in [1.807, 2.05) is 0 Å². The topological polar surface area (TPSA) is 118 Å². The quantitative estimate of drug-likeness (QED) is 0.452. The lowest BCUT2D eigenvalue weighted by Gasteiger charge is -2.14. The lowest BCUT2D eigenvalue weighted by atomic mass is 10.1. The fourth-order valence-corrected chi connectivity index (χ4v) is 3.99. The van der Waals surface area contributed by atoms with Crippen molar-refractivity contribution in [2.24, 2.45) is 0 Å². The summed E-state index contributed by atoms with van der Waals surface area (Å²) in [5.41, 5.74) is 1.77. The third-order valence-electron chi connectivity index (χ3n) is 4.56. The van der Waals surface area contributed by atoms with E-state index < -0.39 is 20.9 Å². The predicted molar refractivity (Wildman–Crippen MR) is 114 cm³/mol. The Morgan fingerprint density at radius 3 is 2.30 bits per heavy atom. The number of nitro groups is 1. The average Bonchev–Trinajstić information content (AvgIpc) is 2.71. The van der Waals surface area contributed by atoms with Gasteiger partial charge in [-0.3, -0.25) is 19.6 Å². The molecule has 0 fully saturated rings. The van der Waals surface area contributed by atoms with Gasteiger partial charge in [-0.25, -0.2) is 8.42 Å². The van der Waals surface area contributed by atoms with Crippen LogP contribution in [0.5, 0.6) is 0 Å². The van der Waals surface area contributed by atoms with E-state index in [1.54, 1.807) is 56.3 Å². The van der Waals surface area contributed by atoms with E-state index in [1.165, 1.54) is 24.3 Å². The van der Waals surface area contributed by atoms with Crippen LogP contribution in [0.4, 0.5) is 17.1 Å². The van der Waals surface area contributed by atoms with Gasteiger partial charge in [-0.15, -0.1) is 0 Å². The van der Waals surface area contributed by atoms with Crippen molar-refractivity contribution in [1.82, 2.24) is 0 Å². The van der Waals surface area contributed by atoms with Crippen LogP contribution in [-0.4, -0.2) is 19.2 Å². The van der Waals surface area contributed by atoms with E-state index in [4.69, 9.17) is 0 Å². The van der Waals surface area contributed by atoms with Gasteiger partial charge in [0.25, 0.3) is 21.6 Å². The van der Waals surface area contributed by atoms with Crippen LogP contribution in [-0.2, 0) is 10.0 Å². The van der Waals surface area contributed by atoms with Crippen LogP contribution in [0.15, 0.2) is 71.6 Å². The zero-order chi connectivity index (χ0) is 21.9. The second kappa shape index (κ2) is 8.34. The summed E-state index contributed by atoms with van der Waals surface area (Å²) in [6.45, 7) is 3.34. The molecule has 1 amide bonds. The van der Waals surface area contributed by atoms with Gasteiger partial charge < -0.3 is 5.32 Å². The molecular formula is C21H19N3O5S. The largest absolute Gasteiger partial charge is 0.321 e. The Morgan fingerprint density at radius 2 is 1.63 bits per heavy atom. The van der Waals surface area contributed by atoms with Crippen molar-refractivity contribution in [3.8, 4) is 0 Å². The van der Waals surface area contributed by atoms with Crippen molar-refractivity contribution in [2.75, 3.05) is 10.0 Å². The third-order valence-corrected chi connectivity index (χ3v) is 5.94. The lowest BCUT2D eigenvalue weighted by Crippen LogP contribution is -2.17. The fourth-order valence-electron chi connectivity index (χ4n) is 2.84. The Bertz CT molecular complexity index is 1220. The van der Waals surface area contributed by atoms with E-state index >= 15 is 0 Å². The number of nitrogens with one attached hydrogen (secondary N) is 2. The fraction of sp³-hybridized carbons (Fsp3) is 0.0952. The van der Waals surface area contributed by atoms with E-state index in [-0.39, 0.29) is 21.8 Å². The molecule has 0 aliphatic heterocycles. The number of hydrogen-bond donors (Lipinski definition) is 2. The molecule has 0 saturated heterocycles. The predicted octanol–water partition coefficient (Wildman–Crippen LogP) is 4.26. The molecule has 30 heavy (non-hydrogen) atoms. The number of hydrogen-bond acceptors (Lipinski definition) is 5. The first-order valence-electron chi connectivity index (χ1n) is 8.93. The minimum absolute atomic E-state index is 0.103. The molecule has 0 unspecified atom stereocenters. The highest BCUT2D eigenvalue weighted by Gasteiger charge is 2.19. The summed E-state index contributed by atoms with van der Waals surface area (Å²) < 4.78 is 27.7. The monoisotopic (exact) mass is 425 g/mol. The number of anilines is 2. The van der Waals surface area contributed by atoms with Gasteiger partial charge >= 0.3 is 0 Å². The third kappa shape index (κ3) is 4.47. The summed E-state index contributed by atoms with van der Waals surface area (Å²) in [5.74, 6) is -0.503. The van der Waals surface area contributed by atoms with Crippen molar-refractivity contribution in [3.63, 3.8) is 0 Å². The van der Waals surface area contributed by atoms with Crippen LogP contribution in [0, 0.1) is 24.0 Å². The Kier molecular flexibility index (Phi) is 5.84. The van der Waals surface area contributed by atoms with Crippen LogP contribution in [0.3, 0.4) is 0 Å². The van der Waals surface area contributed by atoms with Gasteiger partial charge in [0, 0.05) is 17.7 Å². The SMILES string of the molecule is Cc1ccc([N+](=O)[O-])cc1NC(=O)c1cccc(NS(=O)(=O)c2ccccc2)c1C. The molecule has 9 heteroatoms. The van der Waals surface area contributed by atoms with Gasteiger partial charge in [0.05, 0.1) is 21.2 Å².